The normalized spacial score (nSPS) is 14.2. The molecule has 0 radical (unpaired) electrons. The van der Waals surface area contributed by atoms with E-state index in [1.54, 1.807) is 0 Å². The van der Waals surface area contributed by atoms with E-state index < -0.39 is 18.0 Å². The molecule has 0 aliphatic carbocycles. The molecule has 4 N–H and O–H groups in total. The van der Waals surface area contributed by atoms with Crippen LogP contribution >= 0.6 is 0 Å². The fraction of sp³-hybridized carbons (Fsp3) is 0.571. The Morgan fingerprint density at radius 2 is 2.21 bits per heavy atom. The minimum atomic E-state index is -0.934. The fourth-order valence-corrected chi connectivity index (χ4v) is 1.79. The number of rotatable bonds is 8. The second kappa shape index (κ2) is 8.09. The third-order valence-electron chi connectivity index (χ3n) is 2.89. The molecule has 1 rings (SSSR count). The predicted octanol–water partition coefficient (Wildman–Crippen LogP) is 1.58. The van der Waals surface area contributed by atoms with Gasteiger partial charge < -0.3 is 20.9 Å². The summed E-state index contributed by atoms with van der Waals surface area (Å²) < 4.78 is 18.8. The molecule has 0 bridgehead atoms. The summed E-state index contributed by atoms with van der Waals surface area (Å²) in [6.45, 7) is 3.20. The van der Waals surface area contributed by atoms with E-state index in [1.807, 2.05) is 14.0 Å². The number of nitrogens with one attached hydrogen (secondary N) is 1. The number of hydrogen-bond acceptors (Lipinski definition) is 4. The van der Waals surface area contributed by atoms with E-state index in [0.29, 0.717) is 30.9 Å². The summed E-state index contributed by atoms with van der Waals surface area (Å²) in [5.74, 6) is 0.0920. The molecule has 5 heteroatoms. The zero-order chi connectivity index (χ0) is 14.3. The first-order valence-electron chi connectivity index (χ1n) is 6.60. The number of aliphatic hydroxyl groups is 1. The molecule has 0 heterocycles. The van der Waals surface area contributed by atoms with Crippen LogP contribution < -0.4 is 15.8 Å². The SMILES string of the molecule is CCCOc1ccc(F)cc1C(O)C(N)CCNC. The molecule has 2 atom stereocenters. The molecule has 0 saturated carbocycles. The topological polar surface area (TPSA) is 67.5 Å². The number of ether oxygens (including phenoxy) is 1. The van der Waals surface area contributed by atoms with Crippen LogP contribution in [0.5, 0.6) is 5.75 Å². The summed E-state index contributed by atoms with van der Waals surface area (Å²) in [6, 6.07) is 3.68. The number of halogens is 1. The first kappa shape index (κ1) is 15.9. The minimum absolute atomic E-state index is 0.404. The van der Waals surface area contributed by atoms with Gasteiger partial charge in [0, 0.05) is 11.6 Å². The molecule has 19 heavy (non-hydrogen) atoms. The van der Waals surface area contributed by atoms with Crippen molar-refractivity contribution in [3.05, 3.63) is 29.6 Å². The Kier molecular flexibility index (Phi) is 6.77. The number of nitrogens with two attached hydrogens (primary N) is 1. The van der Waals surface area contributed by atoms with Crippen LogP contribution in [-0.4, -0.2) is 31.3 Å². The van der Waals surface area contributed by atoms with Crippen molar-refractivity contribution in [1.82, 2.24) is 5.32 Å². The zero-order valence-corrected chi connectivity index (χ0v) is 11.5. The van der Waals surface area contributed by atoms with Crippen molar-refractivity contribution in [3.8, 4) is 5.75 Å². The van der Waals surface area contributed by atoms with E-state index in [0.717, 1.165) is 6.42 Å². The molecule has 0 fully saturated rings. The number of aliphatic hydroxyl groups excluding tert-OH is 1. The third kappa shape index (κ3) is 4.78. The van der Waals surface area contributed by atoms with Crippen molar-refractivity contribution in [1.29, 1.82) is 0 Å². The van der Waals surface area contributed by atoms with Gasteiger partial charge in [0.15, 0.2) is 0 Å². The maximum absolute atomic E-state index is 13.3. The van der Waals surface area contributed by atoms with Gasteiger partial charge in [0.1, 0.15) is 11.6 Å². The van der Waals surface area contributed by atoms with E-state index in [1.165, 1.54) is 18.2 Å². The third-order valence-corrected chi connectivity index (χ3v) is 2.89. The lowest BCUT2D eigenvalue weighted by Gasteiger charge is -2.21. The minimum Gasteiger partial charge on any atom is -0.493 e. The van der Waals surface area contributed by atoms with Crippen LogP contribution in [0.4, 0.5) is 4.39 Å². The highest BCUT2D eigenvalue weighted by molar-refractivity contribution is 5.36. The molecule has 4 nitrogen and oxygen atoms in total. The monoisotopic (exact) mass is 270 g/mol. The molecule has 2 unspecified atom stereocenters. The lowest BCUT2D eigenvalue weighted by molar-refractivity contribution is 0.137. The van der Waals surface area contributed by atoms with Gasteiger partial charge in [-0.1, -0.05) is 6.92 Å². The highest BCUT2D eigenvalue weighted by atomic mass is 19.1. The summed E-state index contributed by atoms with van der Waals surface area (Å²) in [4.78, 5) is 0. The maximum Gasteiger partial charge on any atom is 0.125 e. The second-order valence-electron chi connectivity index (χ2n) is 4.53. The van der Waals surface area contributed by atoms with Gasteiger partial charge in [-0.3, -0.25) is 0 Å². The molecule has 0 saturated heterocycles. The molecule has 0 spiro atoms. The Morgan fingerprint density at radius 1 is 1.47 bits per heavy atom. The molecular weight excluding hydrogens is 247 g/mol. The summed E-state index contributed by atoms with van der Waals surface area (Å²) >= 11 is 0. The van der Waals surface area contributed by atoms with Gasteiger partial charge in [0.05, 0.1) is 12.7 Å². The molecule has 0 aliphatic heterocycles. The van der Waals surface area contributed by atoms with Crippen molar-refractivity contribution in [2.45, 2.75) is 31.9 Å². The van der Waals surface area contributed by atoms with Crippen molar-refractivity contribution in [3.63, 3.8) is 0 Å². The predicted molar refractivity (Wildman–Crippen MR) is 73.7 cm³/mol. The number of hydrogen-bond donors (Lipinski definition) is 3. The first-order chi connectivity index (χ1) is 9.10. The van der Waals surface area contributed by atoms with Gasteiger partial charge in [-0.2, -0.15) is 0 Å². The Labute approximate surface area is 113 Å². The van der Waals surface area contributed by atoms with Crippen molar-refractivity contribution >= 4 is 0 Å². The first-order valence-corrected chi connectivity index (χ1v) is 6.60. The van der Waals surface area contributed by atoms with Crippen molar-refractivity contribution < 1.29 is 14.2 Å². The van der Waals surface area contributed by atoms with Crippen LogP contribution in [0, 0.1) is 5.82 Å². The zero-order valence-electron chi connectivity index (χ0n) is 11.5. The van der Waals surface area contributed by atoms with Crippen LogP contribution in [0.15, 0.2) is 18.2 Å². The van der Waals surface area contributed by atoms with Gasteiger partial charge in [0.2, 0.25) is 0 Å². The standard InChI is InChI=1S/C14H23FN2O2/c1-3-8-19-13-5-4-10(15)9-11(13)14(18)12(16)6-7-17-2/h4-5,9,12,14,17-18H,3,6-8,16H2,1-2H3. The summed E-state index contributed by atoms with van der Waals surface area (Å²) in [5, 5.41) is 13.2. The van der Waals surface area contributed by atoms with Crippen LogP contribution in [0.3, 0.4) is 0 Å². The maximum atomic E-state index is 13.3. The van der Waals surface area contributed by atoms with E-state index in [-0.39, 0.29) is 0 Å². The summed E-state index contributed by atoms with van der Waals surface area (Å²) in [7, 11) is 1.82. The average molecular weight is 270 g/mol. The van der Waals surface area contributed by atoms with Gasteiger partial charge >= 0.3 is 0 Å². The van der Waals surface area contributed by atoms with Gasteiger partial charge in [-0.25, -0.2) is 4.39 Å². The van der Waals surface area contributed by atoms with Crippen LogP contribution in [0.2, 0.25) is 0 Å². The Hall–Kier alpha value is -1.17. The average Bonchev–Trinajstić information content (AvgIpc) is 2.42. The van der Waals surface area contributed by atoms with Gasteiger partial charge in [0.25, 0.3) is 0 Å². The molecule has 1 aromatic rings. The van der Waals surface area contributed by atoms with Crippen LogP contribution in [-0.2, 0) is 0 Å². The Morgan fingerprint density at radius 3 is 2.84 bits per heavy atom. The highest BCUT2D eigenvalue weighted by Gasteiger charge is 2.21. The van der Waals surface area contributed by atoms with E-state index in [4.69, 9.17) is 10.5 Å². The lowest BCUT2D eigenvalue weighted by atomic mass is 9.99. The fourth-order valence-electron chi connectivity index (χ4n) is 1.79. The molecule has 108 valence electrons. The van der Waals surface area contributed by atoms with E-state index in [2.05, 4.69) is 5.32 Å². The van der Waals surface area contributed by atoms with Crippen LogP contribution in [0.25, 0.3) is 0 Å². The van der Waals surface area contributed by atoms with Gasteiger partial charge in [-0.15, -0.1) is 0 Å². The molecule has 0 aliphatic rings. The number of benzene rings is 1. The Bertz CT molecular complexity index is 388. The smallest absolute Gasteiger partial charge is 0.125 e. The van der Waals surface area contributed by atoms with Crippen LogP contribution in [0.1, 0.15) is 31.4 Å². The lowest BCUT2D eigenvalue weighted by Crippen LogP contribution is -2.31. The molecular formula is C14H23FN2O2. The van der Waals surface area contributed by atoms with Gasteiger partial charge in [-0.05, 0) is 44.6 Å². The molecule has 0 aromatic heterocycles. The van der Waals surface area contributed by atoms with E-state index >= 15 is 0 Å². The summed E-state index contributed by atoms with van der Waals surface area (Å²) in [6.07, 6.45) is 0.510. The second-order valence-corrected chi connectivity index (χ2v) is 4.53. The van der Waals surface area contributed by atoms with E-state index in [9.17, 15) is 9.50 Å². The largest absolute Gasteiger partial charge is 0.493 e. The highest BCUT2D eigenvalue weighted by Crippen LogP contribution is 2.28. The van der Waals surface area contributed by atoms with Crippen molar-refractivity contribution in [2.75, 3.05) is 20.2 Å². The molecule has 0 amide bonds. The molecule has 1 aromatic carbocycles. The van der Waals surface area contributed by atoms with Crippen molar-refractivity contribution in [2.24, 2.45) is 5.73 Å². The summed E-state index contributed by atoms with van der Waals surface area (Å²) in [5.41, 5.74) is 6.33. The quantitative estimate of drug-likeness (QED) is 0.671. The Balaban J connectivity index is 2.85.